The molecule has 0 saturated heterocycles. The van der Waals surface area contributed by atoms with E-state index < -0.39 is 21.7 Å². The third-order valence-corrected chi connectivity index (χ3v) is 5.19. The van der Waals surface area contributed by atoms with Crippen molar-refractivity contribution in [3.8, 4) is 5.75 Å². The Bertz CT molecular complexity index is 842. The minimum absolute atomic E-state index is 0.0570. The number of hydrogen-bond acceptors (Lipinski definition) is 4. The van der Waals surface area contributed by atoms with E-state index in [1.54, 1.807) is 13.2 Å². The number of ether oxygens (including phenoxy) is 1. The molecular formula is C17H20F2N2O3S. The van der Waals surface area contributed by atoms with E-state index in [1.165, 1.54) is 0 Å². The molecular weight excluding hydrogens is 350 g/mol. The summed E-state index contributed by atoms with van der Waals surface area (Å²) in [5.74, 6) is -1.64. The van der Waals surface area contributed by atoms with Crippen LogP contribution < -0.4 is 9.46 Å². The minimum atomic E-state index is -3.97. The zero-order valence-corrected chi connectivity index (χ0v) is 15.0. The lowest BCUT2D eigenvalue weighted by atomic mass is 10.1. The molecule has 25 heavy (non-hydrogen) atoms. The Labute approximate surface area is 146 Å². The normalized spacial score (nSPS) is 13.0. The maximum absolute atomic E-state index is 13.3. The van der Waals surface area contributed by atoms with Crippen LogP contribution >= 0.6 is 0 Å². The summed E-state index contributed by atoms with van der Waals surface area (Å²) in [5.41, 5.74) is 0.859. The van der Waals surface area contributed by atoms with Crippen LogP contribution in [0.1, 0.15) is 11.6 Å². The Morgan fingerprint density at radius 1 is 1.12 bits per heavy atom. The number of benzene rings is 2. The third kappa shape index (κ3) is 4.75. The van der Waals surface area contributed by atoms with Gasteiger partial charge in [-0.15, -0.1) is 0 Å². The van der Waals surface area contributed by atoms with Gasteiger partial charge in [-0.1, -0.05) is 12.1 Å². The van der Waals surface area contributed by atoms with Gasteiger partial charge >= 0.3 is 0 Å². The molecule has 2 aromatic carbocycles. The molecule has 0 radical (unpaired) electrons. The molecule has 1 N–H and O–H groups in total. The summed E-state index contributed by atoms with van der Waals surface area (Å²) in [6, 6.07) is 9.49. The van der Waals surface area contributed by atoms with Crippen LogP contribution in [0.3, 0.4) is 0 Å². The number of hydrogen-bond donors (Lipinski definition) is 1. The number of rotatable bonds is 7. The number of methoxy groups -OCH3 is 1. The highest BCUT2D eigenvalue weighted by atomic mass is 32.2. The first-order chi connectivity index (χ1) is 11.7. The van der Waals surface area contributed by atoms with Gasteiger partial charge in [0.05, 0.1) is 12.0 Å². The number of nitrogens with zero attached hydrogens (tertiary/aromatic N) is 1. The van der Waals surface area contributed by atoms with Gasteiger partial charge in [0.25, 0.3) is 0 Å². The zero-order chi connectivity index (χ0) is 18.6. The molecule has 0 aliphatic carbocycles. The van der Waals surface area contributed by atoms with Crippen molar-refractivity contribution < 1.29 is 21.9 Å². The summed E-state index contributed by atoms with van der Waals surface area (Å²) in [6.45, 7) is 0.0570. The monoisotopic (exact) mass is 370 g/mol. The van der Waals surface area contributed by atoms with Gasteiger partial charge in [0.1, 0.15) is 5.75 Å². The largest absolute Gasteiger partial charge is 0.497 e. The summed E-state index contributed by atoms with van der Waals surface area (Å²) in [6.07, 6.45) is 0. The third-order valence-electron chi connectivity index (χ3n) is 3.77. The van der Waals surface area contributed by atoms with E-state index in [-0.39, 0.29) is 17.5 Å². The van der Waals surface area contributed by atoms with Gasteiger partial charge < -0.3 is 9.64 Å². The van der Waals surface area contributed by atoms with Crippen molar-refractivity contribution in [1.82, 2.24) is 9.62 Å². The molecule has 0 aromatic heterocycles. The van der Waals surface area contributed by atoms with E-state index in [1.807, 2.05) is 37.2 Å². The molecule has 0 saturated carbocycles. The predicted octanol–water partition coefficient (Wildman–Crippen LogP) is 2.55. The predicted molar refractivity (Wildman–Crippen MR) is 91.0 cm³/mol. The molecule has 0 spiro atoms. The lowest BCUT2D eigenvalue weighted by molar-refractivity contribution is 0.298. The first-order valence-corrected chi connectivity index (χ1v) is 8.98. The van der Waals surface area contributed by atoms with Crippen molar-refractivity contribution in [2.45, 2.75) is 10.9 Å². The number of nitrogens with one attached hydrogen (secondary N) is 1. The molecule has 2 rings (SSSR count). The Hall–Kier alpha value is -2.03. The highest BCUT2D eigenvalue weighted by Crippen LogP contribution is 2.23. The quantitative estimate of drug-likeness (QED) is 0.814. The van der Waals surface area contributed by atoms with Crippen molar-refractivity contribution in [3.05, 3.63) is 59.7 Å². The van der Waals surface area contributed by atoms with Crippen LogP contribution in [-0.2, 0) is 10.0 Å². The number of sulfonamides is 1. The molecule has 0 aliphatic rings. The van der Waals surface area contributed by atoms with E-state index >= 15 is 0 Å². The Morgan fingerprint density at radius 2 is 1.84 bits per heavy atom. The van der Waals surface area contributed by atoms with Crippen molar-refractivity contribution in [1.29, 1.82) is 0 Å². The second-order valence-corrected chi connectivity index (χ2v) is 7.45. The molecule has 0 fully saturated rings. The Morgan fingerprint density at radius 3 is 2.44 bits per heavy atom. The maximum Gasteiger partial charge on any atom is 0.240 e. The number of likely N-dealkylation sites (N-methyl/N-ethyl adjacent to an activating group) is 1. The van der Waals surface area contributed by atoms with Gasteiger partial charge in [0.2, 0.25) is 10.0 Å². The van der Waals surface area contributed by atoms with Crippen LogP contribution in [-0.4, -0.2) is 41.1 Å². The van der Waals surface area contributed by atoms with Gasteiger partial charge in [-0.05, 0) is 50.0 Å². The highest BCUT2D eigenvalue weighted by molar-refractivity contribution is 7.89. The van der Waals surface area contributed by atoms with Crippen molar-refractivity contribution in [2.24, 2.45) is 0 Å². The SMILES string of the molecule is COc1cccc([C@@H](CNS(=O)(=O)c2ccc(F)c(F)c2)N(C)C)c1. The lowest BCUT2D eigenvalue weighted by Crippen LogP contribution is -2.34. The maximum atomic E-state index is 13.3. The molecule has 2 aromatic rings. The average molecular weight is 370 g/mol. The first-order valence-electron chi connectivity index (χ1n) is 7.49. The second-order valence-electron chi connectivity index (χ2n) is 5.68. The molecule has 0 heterocycles. The van der Waals surface area contributed by atoms with Gasteiger partial charge in [0.15, 0.2) is 11.6 Å². The Balaban J connectivity index is 2.21. The van der Waals surface area contributed by atoms with Crippen LogP contribution in [0, 0.1) is 11.6 Å². The fourth-order valence-electron chi connectivity index (χ4n) is 2.36. The second kappa shape index (κ2) is 7.90. The standard InChI is InChI=1S/C17H20F2N2O3S/c1-21(2)17(12-5-4-6-13(9-12)24-3)11-20-25(22,23)14-7-8-15(18)16(19)10-14/h4-10,17,20H,11H2,1-3H3/t17-/m1/s1. The topological polar surface area (TPSA) is 58.6 Å². The molecule has 136 valence electrons. The first kappa shape index (κ1) is 19.3. The van der Waals surface area contributed by atoms with Crippen LogP contribution in [0.4, 0.5) is 8.78 Å². The molecule has 5 nitrogen and oxygen atoms in total. The summed E-state index contributed by atoms with van der Waals surface area (Å²) in [7, 11) is 1.22. The van der Waals surface area contributed by atoms with E-state index in [0.717, 1.165) is 17.7 Å². The van der Waals surface area contributed by atoms with Gasteiger partial charge in [-0.3, -0.25) is 0 Å². The van der Waals surface area contributed by atoms with Crippen LogP contribution in [0.2, 0.25) is 0 Å². The van der Waals surface area contributed by atoms with Gasteiger partial charge in [-0.25, -0.2) is 21.9 Å². The van der Waals surface area contributed by atoms with E-state index in [4.69, 9.17) is 4.74 Å². The molecule has 8 heteroatoms. The minimum Gasteiger partial charge on any atom is -0.497 e. The van der Waals surface area contributed by atoms with Gasteiger partial charge in [0, 0.05) is 12.6 Å². The van der Waals surface area contributed by atoms with Crippen LogP contribution in [0.15, 0.2) is 47.4 Å². The molecule has 0 aliphatic heterocycles. The average Bonchev–Trinajstić information content (AvgIpc) is 2.57. The summed E-state index contributed by atoms with van der Waals surface area (Å²) in [4.78, 5) is 1.53. The fraction of sp³-hybridized carbons (Fsp3) is 0.294. The summed E-state index contributed by atoms with van der Waals surface area (Å²) in [5, 5.41) is 0. The molecule has 0 bridgehead atoms. The van der Waals surface area contributed by atoms with Crippen molar-refractivity contribution >= 4 is 10.0 Å². The van der Waals surface area contributed by atoms with Crippen LogP contribution in [0.25, 0.3) is 0 Å². The van der Waals surface area contributed by atoms with E-state index in [0.29, 0.717) is 11.8 Å². The summed E-state index contributed by atoms with van der Waals surface area (Å²) < 4.78 is 58.6. The molecule has 0 amide bonds. The Kier molecular flexibility index (Phi) is 6.10. The smallest absolute Gasteiger partial charge is 0.240 e. The zero-order valence-electron chi connectivity index (χ0n) is 14.2. The summed E-state index contributed by atoms with van der Waals surface area (Å²) >= 11 is 0. The lowest BCUT2D eigenvalue weighted by Gasteiger charge is -2.25. The molecule has 0 unspecified atom stereocenters. The van der Waals surface area contributed by atoms with Crippen LogP contribution in [0.5, 0.6) is 5.75 Å². The van der Waals surface area contributed by atoms with E-state index in [2.05, 4.69) is 4.72 Å². The highest BCUT2D eigenvalue weighted by Gasteiger charge is 2.21. The van der Waals surface area contributed by atoms with Crippen molar-refractivity contribution in [2.75, 3.05) is 27.7 Å². The fourth-order valence-corrected chi connectivity index (χ4v) is 3.41. The van der Waals surface area contributed by atoms with Gasteiger partial charge in [-0.2, -0.15) is 0 Å². The van der Waals surface area contributed by atoms with E-state index in [9.17, 15) is 17.2 Å². The number of halogens is 2. The molecule has 1 atom stereocenters. The van der Waals surface area contributed by atoms with Crippen molar-refractivity contribution in [3.63, 3.8) is 0 Å².